The summed E-state index contributed by atoms with van der Waals surface area (Å²) in [7, 11) is 0. The summed E-state index contributed by atoms with van der Waals surface area (Å²) in [5.41, 5.74) is 2.22. The number of fused-ring (bicyclic) bond motifs is 1. The number of rotatable bonds is 5. The summed E-state index contributed by atoms with van der Waals surface area (Å²) in [6.45, 7) is 1.06. The first kappa shape index (κ1) is 16.7. The number of aromatic nitrogens is 2. The van der Waals surface area contributed by atoms with Gasteiger partial charge in [0.05, 0.1) is 0 Å². The van der Waals surface area contributed by atoms with Crippen LogP contribution in [0.5, 0.6) is 0 Å². The van der Waals surface area contributed by atoms with E-state index in [4.69, 9.17) is 0 Å². The smallest absolute Gasteiger partial charge is 0.313 e. The first-order valence-electron chi connectivity index (χ1n) is 8.11. The molecule has 1 aliphatic heterocycles. The molecule has 1 aromatic carbocycles. The lowest BCUT2D eigenvalue weighted by Gasteiger charge is -2.17. The molecule has 0 saturated carbocycles. The van der Waals surface area contributed by atoms with Crippen LogP contribution in [0.2, 0.25) is 0 Å². The van der Waals surface area contributed by atoms with E-state index in [2.05, 4.69) is 21.0 Å². The second-order valence-electron chi connectivity index (χ2n) is 5.75. The molecular weight excluding hydrogens is 322 g/mol. The van der Waals surface area contributed by atoms with Crippen LogP contribution in [0.15, 0.2) is 36.7 Å². The molecule has 0 radical (unpaired) electrons. The average molecular weight is 341 g/mol. The molecule has 3 rings (SSSR count). The van der Waals surface area contributed by atoms with Crippen molar-refractivity contribution in [1.82, 2.24) is 15.1 Å². The molecule has 130 valence electrons. The van der Waals surface area contributed by atoms with Gasteiger partial charge in [0.1, 0.15) is 0 Å². The Hall–Kier alpha value is -3.16. The maximum Gasteiger partial charge on any atom is 0.313 e. The first-order chi connectivity index (χ1) is 12.1. The fourth-order valence-electron chi connectivity index (χ4n) is 2.60. The molecule has 0 spiro atoms. The molecule has 1 aliphatic rings. The second kappa shape index (κ2) is 7.61. The molecule has 8 heteroatoms. The zero-order valence-electron chi connectivity index (χ0n) is 13.6. The van der Waals surface area contributed by atoms with Crippen LogP contribution in [0, 0.1) is 0 Å². The van der Waals surface area contributed by atoms with Crippen LogP contribution in [0.1, 0.15) is 18.4 Å². The lowest BCUT2D eigenvalue weighted by Crippen LogP contribution is -2.36. The fourth-order valence-corrected chi connectivity index (χ4v) is 2.60. The molecule has 0 aliphatic carbocycles. The zero-order chi connectivity index (χ0) is 17.6. The third-order valence-electron chi connectivity index (χ3n) is 3.87. The van der Waals surface area contributed by atoms with E-state index >= 15 is 0 Å². The van der Waals surface area contributed by atoms with Crippen molar-refractivity contribution in [3.8, 4) is 0 Å². The summed E-state index contributed by atoms with van der Waals surface area (Å²) in [6, 6.07) is 6.99. The highest BCUT2D eigenvalue weighted by Crippen LogP contribution is 2.25. The Morgan fingerprint density at radius 3 is 2.92 bits per heavy atom. The molecule has 0 saturated heterocycles. The van der Waals surface area contributed by atoms with E-state index in [-0.39, 0.29) is 5.91 Å². The normalized spacial score (nSPS) is 12.9. The van der Waals surface area contributed by atoms with Crippen LogP contribution in [0.25, 0.3) is 0 Å². The molecule has 1 aromatic heterocycles. The first-order valence-corrected chi connectivity index (χ1v) is 8.11. The van der Waals surface area contributed by atoms with Gasteiger partial charge < -0.3 is 16.0 Å². The zero-order valence-corrected chi connectivity index (χ0v) is 13.6. The van der Waals surface area contributed by atoms with Crippen molar-refractivity contribution in [3.05, 3.63) is 42.2 Å². The SMILES string of the molecule is O=C1CCc2cc(NC(=O)C(=O)NCCCn3cccn3)ccc2N1. The minimum atomic E-state index is -0.709. The Morgan fingerprint density at radius 2 is 2.12 bits per heavy atom. The van der Waals surface area contributed by atoms with E-state index in [0.29, 0.717) is 38.0 Å². The molecular formula is C17H19N5O3. The van der Waals surface area contributed by atoms with Gasteiger partial charge in [-0.1, -0.05) is 0 Å². The number of aryl methyl sites for hydroxylation is 2. The third-order valence-corrected chi connectivity index (χ3v) is 3.87. The van der Waals surface area contributed by atoms with E-state index < -0.39 is 11.8 Å². The minimum Gasteiger partial charge on any atom is -0.348 e. The van der Waals surface area contributed by atoms with Gasteiger partial charge in [0.2, 0.25) is 5.91 Å². The fraction of sp³-hybridized carbons (Fsp3) is 0.294. The Kier molecular flexibility index (Phi) is 5.08. The predicted octanol–water partition coefficient (Wildman–Crippen LogP) is 0.913. The van der Waals surface area contributed by atoms with E-state index in [1.54, 1.807) is 29.1 Å². The molecule has 0 fully saturated rings. The Bertz CT molecular complexity index is 786. The molecule has 0 unspecified atom stereocenters. The van der Waals surface area contributed by atoms with Gasteiger partial charge >= 0.3 is 11.8 Å². The van der Waals surface area contributed by atoms with Gasteiger partial charge in [0.15, 0.2) is 0 Å². The number of hydrogen-bond acceptors (Lipinski definition) is 4. The van der Waals surface area contributed by atoms with E-state index in [1.807, 2.05) is 12.3 Å². The molecule has 8 nitrogen and oxygen atoms in total. The summed E-state index contributed by atoms with van der Waals surface area (Å²) < 4.78 is 1.76. The van der Waals surface area contributed by atoms with Crippen LogP contribution < -0.4 is 16.0 Å². The molecule has 3 amide bonds. The second-order valence-corrected chi connectivity index (χ2v) is 5.75. The van der Waals surface area contributed by atoms with E-state index in [1.165, 1.54) is 0 Å². The molecule has 2 aromatic rings. The van der Waals surface area contributed by atoms with Gasteiger partial charge in [0, 0.05) is 43.3 Å². The van der Waals surface area contributed by atoms with Crippen molar-refractivity contribution in [2.75, 3.05) is 17.2 Å². The number of anilines is 2. The number of benzene rings is 1. The summed E-state index contributed by atoms with van der Waals surface area (Å²) in [5.74, 6) is -1.40. The molecule has 0 atom stereocenters. The maximum atomic E-state index is 11.9. The van der Waals surface area contributed by atoms with Crippen molar-refractivity contribution in [2.24, 2.45) is 0 Å². The van der Waals surface area contributed by atoms with Crippen molar-refractivity contribution in [2.45, 2.75) is 25.8 Å². The highest BCUT2D eigenvalue weighted by molar-refractivity contribution is 6.39. The molecule has 25 heavy (non-hydrogen) atoms. The molecule has 0 bridgehead atoms. The Balaban J connectivity index is 1.46. The quantitative estimate of drug-likeness (QED) is 0.555. The summed E-state index contributed by atoms with van der Waals surface area (Å²) >= 11 is 0. The number of nitrogens with one attached hydrogen (secondary N) is 3. The highest BCUT2D eigenvalue weighted by Gasteiger charge is 2.17. The number of nitrogens with zero attached hydrogens (tertiary/aromatic N) is 2. The summed E-state index contributed by atoms with van der Waals surface area (Å²) in [5, 5.41) is 12.0. The number of amides is 3. The Morgan fingerprint density at radius 1 is 1.24 bits per heavy atom. The summed E-state index contributed by atoms with van der Waals surface area (Å²) in [6.07, 6.45) is 5.24. The lowest BCUT2D eigenvalue weighted by molar-refractivity contribution is -0.136. The largest absolute Gasteiger partial charge is 0.348 e. The third kappa shape index (κ3) is 4.43. The van der Waals surface area contributed by atoms with Gasteiger partial charge in [-0.25, -0.2) is 0 Å². The summed E-state index contributed by atoms with van der Waals surface area (Å²) in [4.78, 5) is 35.1. The van der Waals surface area contributed by atoms with Gasteiger partial charge in [-0.15, -0.1) is 0 Å². The molecule has 3 N–H and O–H groups in total. The van der Waals surface area contributed by atoms with Gasteiger partial charge in [-0.3, -0.25) is 19.1 Å². The van der Waals surface area contributed by atoms with E-state index in [0.717, 1.165) is 11.3 Å². The molecule has 2 heterocycles. The van der Waals surface area contributed by atoms with Crippen LogP contribution >= 0.6 is 0 Å². The van der Waals surface area contributed by atoms with Crippen molar-refractivity contribution < 1.29 is 14.4 Å². The number of carbonyl (C=O) groups is 3. The van der Waals surface area contributed by atoms with Crippen LogP contribution in [-0.2, 0) is 27.3 Å². The minimum absolute atomic E-state index is 0.0150. The van der Waals surface area contributed by atoms with Gasteiger partial charge in [-0.05, 0) is 42.7 Å². The predicted molar refractivity (Wildman–Crippen MR) is 91.9 cm³/mol. The van der Waals surface area contributed by atoms with E-state index in [9.17, 15) is 14.4 Å². The lowest BCUT2D eigenvalue weighted by atomic mass is 10.0. The number of carbonyl (C=O) groups excluding carboxylic acids is 3. The van der Waals surface area contributed by atoms with Crippen molar-refractivity contribution in [3.63, 3.8) is 0 Å². The van der Waals surface area contributed by atoms with Crippen molar-refractivity contribution in [1.29, 1.82) is 0 Å². The van der Waals surface area contributed by atoms with Crippen molar-refractivity contribution >= 4 is 29.1 Å². The maximum absolute atomic E-state index is 11.9. The standard InChI is InChI=1S/C17H19N5O3/c23-15-6-3-12-11-13(4-5-14(12)21-15)20-17(25)16(24)18-7-1-9-22-10-2-8-19-22/h2,4-5,8,10-11H,1,3,6-7,9H2,(H,18,24)(H,20,25)(H,21,23). The van der Waals surface area contributed by atoms with Crippen LogP contribution in [0.3, 0.4) is 0 Å². The highest BCUT2D eigenvalue weighted by atomic mass is 16.2. The van der Waals surface area contributed by atoms with Gasteiger partial charge in [-0.2, -0.15) is 5.10 Å². The number of hydrogen-bond donors (Lipinski definition) is 3. The topological polar surface area (TPSA) is 105 Å². The van der Waals surface area contributed by atoms with Gasteiger partial charge in [0.25, 0.3) is 0 Å². The van der Waals surface area contributed by atoms with Crippen LogP contribution in [-0.4, -0.2) is 34.0 Å². The van der Waals surface area contributed by atoms with Crippen LogP contribution in [0.4, 0.5) is 11.4 Å². The Labute approximate surface area is 144 Å². The average Bonchev–Trinajstić information content (AvgIpc) is 3.12. The monoisotopic (exact) mass is 341 g/mol.